The molecule has 1 saturated heterocycles. The van der Waals surface area contributed by atoms with E-state index in [0.29, 0.717) is 25.9 Å². The second-order valence-corrected chi connectivity index (χ2v) is 8.26. The zero-order valence-corrected chi connectivity index (χ0v) is 14.2. The monoisotopic (exact) mass is 314 g/mol. The van der Waals surface area contributed by atoms with Gasteiger partial charge < -0.3 is 18.9 Å². The first kappa shape index (κ1) is 14.9. The van der Waals surface area contributed by atoms with Crippen molar-refractivity contribution in [3.63, 3.8) is 0 Å². The quantitative estimate of drug-likeness (QED) is 0.705. The molecule has 5 heteroatoms. The van der Waals surface area contributed by atoms with Crippen molar-refractivity contribution in [1.29, 1.82) is 0 Å². The van der Waals surface area contributed by atoms with Crippen molar-refractivity contribution < 1.29 is 25.1 Å². The second kappa shape index (κ2) is 4.92. The highest BCUT2D eigenvalue weighted by molar-refractivity contribution is 5.40. The van der Waals surface area contributed by atoms with Crippen LogP contribution in [0.1, 0.15) is 55.3 Å². The highest BCUT2D eigenvalue weighted by atomic mass is 16.6. The maximum atomic E-state index is 10.7. The van der Waals surface area contributed by atoms with Crippen LogP contribution in [-0.2, 0) is 23.7 Å². The van der Waals surface area contributed by atoms with Gasteiger partial charge in [0.25, 0.3) is 6.47 Å². The minimum atomic E-state index is -0.597. The van der Waals surface area contributed by atoms with Crippen molar-refractivity contribution in [2.45, 2.75) is 82.9 Å². The summed E-state index contributed by atoms with van der Waals surface area (Å²) in [6.07, 6.45) is 1.78. The summed E-state index contributed by atoms with van der Waals surface area (Å²) in [7, 11) is 0. The average molecular weight is 314 g/mol. The average Bonchev–Trinajstić information content (AvgIpc) is 2.74. The van der Waals surface area contributed by atoms with E-state index in [9.17, 15) is 4.79 Å². The van der Waals surface area contributed by atoms with Crippen molar-refractivity contribution in [2.75, 3.05) is 13.2 Å². The summed E-state index contributed by atoms with van der Waals surface area (Å²) in [4.78, 5) is 10.7. The van der Waals surface area contributed by atoms with E-state index in [0.717, 1.165) is 6.42 Å². The van der Waals surface area contributed by atoms with Crippen LogP contribution in [-0.4, -0.2) is 48.7 Å². The molecule has 3 fully saturated rings. The van der Waals surface area contributed by atoms with Crippen molar-refractivity contribution in [2.24, 2.45) is 5.41 Å². The van der Waals surface area contributed by atoms with Crippen LogP contribution in [0.2, 0.25) is 0 Å². The standard InChI is InChI=1S/C17H28O5/c1-12(2)21-17-9-15(17,10-19-11-18)8-16(22-14(3,4)5)6-7-20-13(16)17/h11-13H,6-10H2,1-5H3/t13-,15+,16+,17-/m0/s1/i7T/t7-,13-,15+,16+,17-. The van der Waals surface area contributed by atoms with E-state index >= 15 is 0 Å². The lowest BCUT2D eigenvalue weighted by molar-refractivity contribution is -0.182. The minimum absolute atomic E-state index is 0.0342. The highest BCUT2D eigenvalue weighted by Gasteiger charge is 2.85. The van der Waals surface area contributed by atoms with Gasteiger partial charge in [-0.2, -0.15) is 0 Å². The molecule has 0 aromatic rings. The van der Waals surface area contributed by atoms with Gasteiger partial charge in [-0.1, -0.05) is 0 Å². The Morgan fingerprint density at radius 3 is 2.73 bits per heavy atom. The van der Waals surface area contributed by atoms with Crippen LogP contribution in [0.4, 0.5) is 0 Å². The fourth-order valence-corrected chi connectivity index (χ4v) is 4.64. The van der Waals surface area contributed by atoms with Crippen LogP contribution in [0.5, 0.6) is 0 Å². The first-order valence-corrected chi connectivity index (χ1v) is 8.09. The summed E-state index contributed by atoms with van der Waals surface area (Å²) in [6, 6.07) is 0. The van der Waals surface area contributed by atoms with Crippen LogP contribution in [0, 0.1) is 5.41 Å². The Balaban J connectivity index is 1.94. The van der Waals surface area contributed by atoms with E-state index in [1.165, 1.54) is 0 Å². The predicted octanol–water partition coefficient (Wildman–Crippen LogP) is 2.46. The van der Waals surface area contributed by atoms with Crippen LogP contribution in [0.15, 0.2) is 0 Å². The summed E-state index contributed by atoms with van der Waals surface area (Å²) in [5.41, 5.74) is -1.64. The van der Waals surface area contributed by atoms with Crippen LogP contribution in [0.3, 0.4) is 0 Å². The van der Waals surface area contributed by atoms with E-state index in [4.69, 9.17) is 20.3 Å². The lowest BCUT2D eigenvalue weighted by atomic mass is 9.89. The molecule has 1 aliphatic heterocycles. The van der Waals surface area contributed by atoms with Gasteiger partial charge in [0.05, 0.1) is 26.3 Å². The summed E-state index contributed by atoms with van der Waals surface area (Å²) < 4.78 is 31.9. The Morgan fingerprint density at radius 2 is 2.14 bits per heavy atom. The number of fused-ring (bicyclic) bond motifs is 3. The van der Waals surface area contributed by atoms with Gasteiger partial charge in [0.1, 0.15) is 17.3 Å². The van der Waals surface area contributed by atoms with Gasteiger partial charge in [0.2, 0.25) is 0 Å². The molecule has 0 N–H and O–H groups in total. The van der Waals surface area contributed by atoms with Crippen LogP contribution in [0.25, 0.3) is 0 Å². The maximum Gasteiger partial charge on any atom is 0.293 e. The van der Waals surface area contributed by atoms with Gasteiger partial charge in [-0.15, -0.1) is 0 Å². The molecule has 2 aliphatic carbocycles. The fourth-order valence-electron chi connectivity index (χ4n) is 4.64. The first-order chi connectivity index (χ1) is 10.6. The van der Waals surface area contributed by atoms with E-state index in [-0.39, 0.29) is 23.2 Å². The van der Waals surface area contributed by atoms with Gasteiger partial charge >= 0.3 is 0 Å². The van der Waals surface area contributed by atoms with Gasteiger partial charge in [-0.25, -0.2) is 0 Å². The van der Waals surface area contributed by atoms with E-state index in [1.54, 1.807) is 0 Å². The molecule has 5 atom stereocenters. The third-order valence-corrected chi connectivity index (χ3v) is 4.96. The molecular weight excluding hydrogens is 284 g/mol. The number of hydrogen-bond donors (Lipinski definition) is 0. The summed E-state index contributed by atoms with van der Waals surface area (Å²) >= 11 is 0. The molecule has 0 aromatic heterocycles. The summed E-state index contributed by atoms with van der Waals surface area (Å²) in [5, 5.41) is 0. The van der Waals surface area contributed by atoms with E-state index in [2.05, 4.69) is 0 Å². The number of hydrogen-bond acceptors (Lipinski definition) is 5. The summed E-state index contributed by atoms with van der Waals surface area (Å²) in [6.45, 7) is 10.3. The SMILES string of the molecule is [3H][C@H]1C[C@@]2(OC(C)(C)C)C[C@]3(COC=O)C[C@]3(OC(C)C)[C@H]2O1. The molecule has 126 valence electrons. The van der Waals surface area contributed by atoms with Crippen molar-refractivity contribution in [3.05, 3.63) is 0 Å². The molecule has 0 bridgehead atoms. The molecule has 0 spiro atoms. The Morgan fingerprint density at radius 1 is 1.41 bits per heavy atom. The molecule has 0 aromatic carbocycles. The Labute approximate surface area is 134 Å². The van der Waals surface area contributed by atoms with Crippen molar-refractivity contribution in [1.82, 2.24) is 0 Å². The third-order valence-electron chi connectivity index (χ3n) is 4.96. The third kappa shape index (κ3) is 2.29. The van der Waals surface area contributed by atoms with Gasteiger partial charge in [0.15, 0.2) is 0 Å². The molecule has 1 heterocycles. The molecule has 0 radical (unpaired) electrons. The molecule has 3 rings (SSSR count). The predicted molar refractivity (Wildman–Crippen MR) is 80.6 cm³/mol. The van der Waals surface area contributed by atoms with E-state index in [1.807, 2.05) is 34.6 Å². The zero-order chi connectivity index (χ0) is 17.1. The van der Waals surface area contributed by atoms with Crippen molar-refractivity contribution in [3.8, 4) is 0 Å². The smallest absolute Gasteiger partial charge is 0.293 e. The Hall–Kier alpha value is -0.650. The highest BCUT2D eigenvalue weighted by Crippen LogP contribution is 2.75. The van der Waals surface area contributed by atoms with E-state index < -0.39 is 17.8 Å². The minimum Gasteiger partial charge on any atom is -0.467 e. The molecule has 3 aliphatic rings. The number of carbonyl (C=O) groups is 1. The second-order valence-electron chi connectivity index (χ2n) is 8.26. The van der Waals surface area contributed by atoms with Crippen LogP contribution >= 0.6 is 0 Å². The molecule has 0 unspecified atom stereocenters. The number of rotatable bonds is 6. The summed E-state index contributed by atoms with van der Waals surface area (Å²) in [5.74, 6) is 0. The Bertz CT molecular complexity index is 490. The Kier molecular flexibility index (Phi) is 3.34. The molecule has 2 saturated carbocycles. The fraction of sp³-hybridized carbons (Fsp3) is 0.941. The lowest BCUT2D eigenvalue weighted by Gasteiger charge is -2.39. The lowest BCUT2D eigenvalue weighted by Crippen LogP contribution is -2.49. The number of carbonyl (C=O) groups excluding carboxylic acids is 1. The van der Waals surface area contributed by atoms with Crippen molar-refractivity contribution >= 4 is 6.47 Å². The molecular formula is C17H28O5. The normalized spacial score (nSPS) is 47.1. The van der Waals surface area contributed by atoms with Crippen LogP contribution < -0.4 is 0 Å². The first-order valence-electron chi connectivity index (χ1n) is 8.67. The number of ether oxygens (including phenoxy) is 4. The molecule has 22 heavy (non-hydrogen) atoms. The topological polar surface area (TPSA) is 54.0 Å². The largest absolute Gasteiger partial charge is 0.467 e. The molecule has 0 amide bonds. The van der Waals surface area contributed by atoms with Gasteiger partial charge in [-0.3, -0.25) is 4.79 Å². The zero-order valence-electron chi connectivity index (χ0n) is 15.2. The van der Waals surface area contributed by atoms with Gasteiger partial charge in [0, 0.05) is 11.8 Å². The van der Waals surface area contributed by atoms with Gasteiger partial charge in [-0.05, 0) is 47.5 Å². The molecule has 5 nitrogen and oxygen atoms in total. The maximum absolute atomic E-state index is 10.7.